The molecule has 0 aliphatic rings. The van der Waals surface area contributed by atoms with Gasteiger partial charge >= 0.3 is 0 Å². The largest absolute Gasteiger partial charge is 0.481 e. The van der Waals surface area contributed by atoms with Gasteiger partial charge < -0.3 is 5.11 Å². The highest BCUT2D eigenvalue weighted by Crippen LogP contribution is 2.08. The molecule has 0 saturated carbocycles. The van der Waals surface area contributed by atoms with Crippen molar-refractivity contribution in [1.82, 2.24) is 4.98 Å². The first-order valence-electron chi connectivity index (χ1n) is 2.37. The summed E-state index contributed by atoms with van der Waals surface area (Å²) in [7, 11) is 0. The lowest BCUT2D eigenvalue weighted by Crippen LogP contribution is -1.78. The van der Waals surface area contributed by atoms with E-state index in [4.69, 9.17) is 21.5 Å². The molecule has 0 saturated heterocycles. The molecule has 0 atom stereocenters. The summed E-state index contributed by atoms with van der Waals surface area (Å²) in [5.41, 5.74) is 0. The van der Waals surface area contributed by atoms with Gasteiger partial charge in [0, 0.05) is 18.5 Å². The van der Waals surface area contributed by atoms with E-state index < -0.39 is 5.97 Å². The predicted molar refractivity (Wildman–Crippen MR) is 40.4 cm³/mol. The van der Waals surface area contributed by atoms with Gasteiger partial charge in [-0.1, -0.05) is 11.6 Å². The Labute approximate surface area is 67.3 Å². The number of aliphatic carboxylic acids is 1. The quantitative estimate of drug-likeness (QED) is 0.662. The fourth-order valence-corrected chi connectivity index (χ4v) is 0.772. The number of hydrogen-bond acceptors (Lipinski definition) is 3. The standard InChI is InChI=1S/C3H2ClNS.C2H4O2/c4-3-5-1-2-6-3;1-2(3)4/h1-2H;1H3,(H,3,4). The molecule has 56 valence electrons. The highest BCUT2D eigenvalue weighted by atomic mass is 35.5. The van der Waals surface area contributed by atoms with Crippen molar-refractivity contribution in [3.8, 4) is 0 Å². The number of aromatic nitrogens is 1. The number of nitrogens with zero attached hydrogens (tertiary/aromatic N) is 1. The highest BCUT2D eigenvalue weighted by molar-refractivity contribution is 7.13. The van der Waals surface area contributed by atoms with Crippen molar-refractivity contribution in [1.29, 1.82) is 0 Å². The predicted octanol–water partition coefficient (Wildman–Crippen LogP) is 1.89. The van der Waals surface area contributed by atoms with Crippen LogP contribution >= 0.6 is 22.9 Å². The first kappa shape index (κ1) is 9.39. The lowest BCUT2D eigenvalue weighted by Gasteiger charge is -1.61. The SMILES string of the molecule is CC(=O)O.Clc1nccs1. The molecule has 0 aliphatic heterocycles. The molecule has 3 nitrogen and oxygen atoms in total. The van der Waals surface area contributed by atoms with E-state index in [1.54, 1.807) is 6.20 Å². The second-order valence-corrected chi connectivity index (χ2v) is 2.78. The van der Waals surface area contributed by atoms with E-state index in [1.807, 2.05) is 5.38 Å². The van der Waals surface area contributed by atoms with Gasteiger partial charge in [0.05, 0.1) is 0 Å². The van der Waals surface area contributed by atoms with Crippen LogP contribution in [-0.4, -0.2) is 16.1 Å². The molecule has 0 amide bonds. The minimum atomic E-state index is -0.833. The lowest BCUT2D eigenvalue weighted by atomic mass is 10.9. The monoisotopic (exact) mass is 179 g/mol. The maximum absolute atomic E-state index is 9.00. The normalized spacial score (nSPS) is 7.80. The van der Waals surface area contributed by atoms with Gasteiger partial charge in [0.15, 0.2) is 4.47 Å². The summed E-state index contributed by atoms with van der Waals surface area (Å²) in [6.07, 6.45) is 1.67. The number of carbonyl (C=O) groups is 1. The van der Waals surface area contributed by atoms with Crippen molar-refractivity contribution in [3.63, 3.8) is 0 Å². The van der Waals surface area contributed by atoms with Crippen LogP contribution in [0.4, 0.5) is 0 Å². The first-order valence-corrected chi connectivity index (χ1v) is 3.63. The van der Waals surface area contributed by atoms with E-state index in [2.05, 4.69) is 4.98 Å². The van der Waals surface area contributed by atoms with Crippen LogP contribution < -0.4 is 0 Å². The summed E-state index contributed by atoms with van der Waals surface area (Å²) >= 11 is 6.79. The number of halogens is 1. The summed E-state index contributed by atoms with van der Waals surface area (Å²) in [4.78, 5) is 12.7. The number of hydrogen-bond donors (Lipinski definition) is 1. The molecule has 1 rings (SSSR count). The number of carboxylic acids is 1. The van der Waals surface area contributed by atoms with E-state index in [0.29, 0.717) is 4.47 Å². The van der Waals surface area contributed by atoms with Crippen molar-refractivity contribution < 1.29 is 9.90 Å². The van der Waals surface area contributed by atoms with Crippen molar-refractivity contribution in [3.05, 3.63) is 16.0 Å². The average molecular weight is 180 g/mol. The third-order valence-corrected chi connectivity index (χ3v) is 1.32. The minimum absolute atomic E-state index is 0.606. The molecular weight excluding hydrogens is 174 g/mol. The second-order valence-electron chi connectivity index (χ2n) is 1.30. The molecule has 0 spiro atoms. The van der Waals surface area contributed by atoms with E-state index in [9.17, 15) is 0 Å². The van der Waals surface area contributed by atoms with Crippen LogP contribution in [-0.2, 0) is 4.79 Å². The van der Waals surface area contributed by atoms with Crippen LogP contribution in [0.1, 0.15) is 6.92 Å². The zero-order valence-corrected chi connectivity index (χ0v) is 6.82. The zero-order valence-electron chi connectivity index (χ0n) is 5.24. The Bertz CT molecular complexity index is 184. The molecule has 0 fully saturated rings. The van der Waals surface area contributed by atoms with Gasteiger partial charge in [-0.15, -0.1) is 11.3 Å². The molecule has 0 radical (unpaired) electrons. The Morgan fingerprint density at radius 2 is 2.40 bits per heavy atom. The number of carboxylic acid groups (broad SMARTS) is 1. The number of rotatable bonds is 0. The van der Waals surface area contributed by atoms with E-state index in [1.165, 1.54) is 11.3 Å². The Kier molecular flexibility index (Phi) is 4.88. The smallest absolute Gasteiger partial charge is 0.300 e. The van der Waals surface area contributed by atoms with E-state index >= 15 is 0 Å². The van der Waals surface area contributed by atoms with Crippen LogP contribution in [0.3, 0.4) is 0 Å². The maximum atomic E-state index is 9.00. The van der Waals surface area contributed by atoms with E-state index in [0.717, 1.165) is 6.92 Å². The molecule has 1 heterocycles. The van der Waals surface area contributed by atoms with Gasteiger partial charge in [0.2, 0.25) is 0 Å². The van der Waals surface area contributed by atoms with Crippen molar-refractivity contribution in [2.45, 2.75) is 6.92 Å². The third-order valence-electron chi connectivity index (χ3n) is 0.402. The Morgan fingerprint density at radius 1 is 1.90 bits per heavy atom. The third kappa shape index (κ3) is 7.39. The van der Waals surface area contributed by atoms with Crippen LogP contribution in [0.25, 0.3) is 0 Å². The Hall–Kier alpha value is -0.610. The molecular formula is C5H6ClNO2S. The average Bonchev–Trinajstić information content (AvgIpc) is 2.15. The van der Waals surface area contributed by atoms with Crippen molar-refractivity contribution >= 4 is 28.9 Å². The molecule has 0 bridgehead atoms. The van der Waals surface area contributed by atoms with Gasteiger partial charge in [-0.25, -0.2) is 4.98 Å². The van der Waals surface area contributed by atoms with Gasteiger partial charge in [0.1, 0.15) is 0 Å². The van der Waals surface area contributed by atoms with Gasteiger partial charge in [-0.3, -0.25) is 4.79 Å². The molecule has 1 aromatic heterocycles. The molecule has 0 unspecified atom stereocenters. The lowest BCUT2D eigenvalue weighted by molar-refractivity contribution is -0.134. The molecule has 1 N–H and O–H groups in total. The van der Waals surface area contributed by atoms with Gasteiger partial charge in [0.25, 0.3) is 5.97 Å². The fourth-order valence-electron chi connectivity index (χ4n) is 0.206. The zero-order chi connectivity index (χ0) is 7.98. The maximum Gasteiger partial charge on any atom is 0.300 e. The summed E-state index contributed by atoms with van der Waals surface area (Å²) in [6.45, 7) is 1.08. The van der Waals surface area contributed by atoms with Gasteiger partial charge in [-0.05, 0) is 0 Å². The summed E-state index contributed by atoms with van der Waals surface area (Å²) < 4.78 is 0.606. The van der Waals surface area contributed by atoms with Crippen LogP contribution in [0.5, 0.6) is 0 Å². The second kappa shape index (κ2) is 5.20. The van der Waals surface area contributed by atoms with Gasteiger partial charge in [-0.2, -0.15) is 0 Å². The fraction of sp³-hybridized carbons (Fsp3) is 0.200. The summed E-state index contributed by atoms with van der Waals surface area (Å²) in [5.74, 6) is -0.833. The Morgan fingerprint density at radius 3 is 2.50 bits per heavy atom. The molecule has 0 aliphatic carbocycles. The summed E-state index contributed by atoms with van der Waals surface area (Å²) in [5, 5.41) is 9.25. The van der Waals surface area contributed by atoms with Crippen molar-refractivity contribution in [2.75, 3.05) is 0 Å². The molecule has 1 aromatic rings. The van der Waals surface area contributed by atoms with Crippen molar-refractivity contribution in [2.24, 2.45) is 0 Å². The molecule has 0 aromatic carbocycles. The molecule has 10 heavy (non-hydrogen) atoms. The number of thiazole rings is 1. The first-order chi connectivity index (χ1) is 4.63. The van der Waals surface area contributed by atoms with Crippen LogP contribution in [0.2, 0.25) is 4.47 Å². The molecule has 5 heteroatoms. The topological polar surface area (TPSA) is 50.2 Å². The Balaban J connectivity index is 0.000000180. The highest BCUT2D eigenvalue weighted by Gasteiger charge is 1.79. The minimum Gasteiger partial charge on any atom is -0.481 e. The van der Waals surface area contributed by atoms with Crippen LogP contribution in [0.15, 0.2) is 11.6 Å². The summed E-state index contributed by atoms with van der Waals surface area (Å²) in [6, 6.07) is 0. The van der Waals surface area contributed by atoms with Crippen LogP contribution in [0, 0.1) is 0 Å². The van der Waals surface area contributed by atoms with E-state index in [-0.39, 0.29) is 0 Å².